The maximum absolute atomic E-state index is 12.9. The molecule has 7 heteroatoms. The van der Waals surface area contributed by atoms with Crippen LogP contribution in [-0.2, 0) is 10.0 Å². The summed E-state index contributed by atoms with van der Waals surface area (Å²) in [5.41, 5.74) is 5.10. The average Bonchev–Trinajstić information content (AvgIpc) is 2.02. The van der Waals surface area contributed by atoms with E-state index in [2.05, 4.69) is 0 Å². The zero-order chi connectivity index (χ0) is 10.8. The molecule has 1 rings (SSSR count). The maximum atomic E-state index is 12.9. The molecule has 4 nitrogen and oxygen atoms in total. The molecule has 0 bridgehead atoms. The standard InChI is InChI=1S/C7H14F2N2O2S/c8-7(9)2-1-4-11(6-7)14(12,13)5-3-10/h1-6,10H2. The zero-order valence-electron chi connectivity index (χ0n) is 7.75. The van der Waals surface area contributed by atoms with E-state index in [1.807, 2.05) is 0 Å². The number of halogens is 2. The van der Waals surface area contributed by atoms with E-state index in [0.717, 1.165) is 4.31 Å². The molecule has 0 saturated carbocycles. The van der Waals surface area contributed by atoms with Crippen molar-refractivity contribution in [3.8, 4) is 0 Å². The third-order valence-corrected chi connectivity index (χ3v) is 3.98. The molecule has 1 saturated heterocycles. The van der Waals surface area contributed by atoms with Crippen molar-refractivity contribution in [1.29, 1.82) is 0 Å². The van der Waals surface area contributed by atoms with Crippen molar-refractivity contribution in [3.63, 3.8) is 0 Å². The molecule has 0 aromatic rings. The second-order valence-electron chi connectivity index (χ2n) is 3.40. The predicted molar refractivity (Wildman–Crippen MR) is 48.6 cm³/mol. The van der Waals surface area contributed by atoms with Gasteiger partial charge in [-0.1, -0.05) is 0 Å². The lowest BCUT2D eigenvalue weighted by molar-refractivity contribution is -0.0433. The van der Waals surface area contributed by atoms with Gasteiger partial charge in [0.2, 0.25) is 10.0 Å². The van der Waals surface area contributed by atoms with Crippen LogP contribution in [0.15, 0.2) is 0 Å². The Morgan fingerprint density at radius 1 is 1.43 bits per heavy atom. The van der Waals surface area contributed by atoms with E-state index in [-0.39, 0.29) is 31.7 Å². The number of piperidine rings is 1. The van der Waals surface area contributed by atoms with Crippen LogP contribution in [0, 0.1) is 0 Å². The summed E-state index contributed by atoms with van der Waals surface area (Å²) >= 11 is 0. The molecule has 1 aliphatic heterocycles. The van der Waals surface area contributed by atoms with Gasteiger partial charge in [0.15, 0.2) is 0 Å². The Hall–Kier alpha value is -0.270. The SMILES string of the molecule is NCCS(=O)(=O)N1CCCC(F)(F)C1. The van der Waals surface area contributed by atoms with Crippen LogP contribution in [0.4, 0.5) is 8.78 Å². The minimum atomic E-state index is -3.58. The Labute approximate surface area is 82.1 Å². The zero-order valence-corrected chi connectivity index (χ0v) is 8.56. The number of nitrogens with two attached hydrogens (primary N) is 1. The van der Waals surface area contributed by atoms with Crippen LogP contribution in [0.2, 0.25) is 0 Å². The van der Waals surface area contributed by atoms with Crippen LogP contribution >= 0.6 is 0 Å². The molecule has 0 aromatic carbocycles. The molecule has 0 aromatic heterocycles. The number of nitrogens with zero attached hydrogens (tertiary/aromatic N) is 1. The van der Waals surface area contributed by atoms with Crippen molar-refractivity contribution in [2.75, 3.05) is 25.4 Å². The van der Waals surface area contributed by atoms with Crippen molar-refractivity contribution < 1.29 is 17.2 Å². The van der Waals surface area contributed by atoms with Gasteiger partial charge in [-0.2, -0.15) is 4.31 Å². The summed E-state index contributed by atoms with van der Waals surface area (Å²) < 4.78 is 49.4. The first-order chi connectivity index (χ1) is 6.37. The van der Waals surface area contributed by atoms with Gasteiger partial charge >= 0.3 is 0 Å². The average molecular weight is 228 g/mol. The summed E-state index contributed by atoms with van der Waals surface area (Å²) in [6.07, 6.45) is -0.0293. The summed E-state index contributed by atoms with van der Waals surface area (Å²) in [6.45, 7) is -0.558. The Kier molecular flexibility index (Phi) is 3.44. The first-order valence-corrected chi connectivity index (χ1v) is 6.04. The van der Waals surface area contributed by atoms with Crippen molar-refractivity contribution in [2.24, 2.45) is 5.73 Å². The largest absolute Gasteiger partial charge is 0.329 e. The molecular weight excluding hydrogens is 214 g/mol. The van der Waals surface area contributed by atoms with Crippen molar-refractivity contribution in [2.45, 2.75) is 18.8 Å². The van der Waals surface area contributed by atoms with E-state index in [0.29, 0.717) is 0 Å². The van der Waals surface area contributed by atoms with Gasteiger partial charge in [-0.3, -0.25) is 0 Å². The van der Waals surface area contributed by atoms with E-state index in [4.69, 9.17) is 5.73 Å². The molecule has 0 spiro atoms. The third kappa shape index (κ3) is 2.86. The highest BCUT2D eigenvalue weighted by Crippen LogP contribution is 2.27. The topological polar surface area (TPSA) is 63.4 Å². The molecule has 84 valence electrons. The highest BCUT2D eigenvalue weighted by molar-refractivity contribution is 7.89. The smallest absolute Gasteiger partial charge is 0.261 e. The van der Waals surface area contributed by atoms with Gasteiger partial charge in [-0.05, 0) is 6.42 Å². The monoisotopic (exact) mass is 228 g/mol. The van der Waals surface area contributed by atoms with Crippen molar-refractivity contribution in [3.05, 3.63) is 0 Å². The van der Waals surface area contributed by atoms with Crippen molar-refractivity contribution >= 4 is 10.0 Å². The number of sulfonamides is 1. The first-order valence-electron chi connectivity index (χ1n) is 4.43. The van der Waals surface area contributed by atoms with Crippen LogP contribution in [0.3, 0.4) is 0 Å². The molecular formula is C7H14F2N2O2S. The number of hydrogen-bond acceptors (Lipinski definition) is 3. The van der Waals surface area contributed by atoms with Crippen LogP contribution in [0.5, 0.6) is 0 Å². The summed E-state index contributed by atoms with van der Waals surface area (Å²) in [5, 5.41) is 0. The van der Waals surface area contributed by atoms with Crippen LogP contribution in [0.1, 0.15) is 12.8 Å². The fraction of sp³-hybridized carbons (Fsp3) is 1.00. The molecule has 1 fully saturated rings. The molecule has 0 amide bonds. The van der Waals surface area contributed by atoms with Gasteiger partial charge in [0.25, 0.3) is 5.92 Å². The molecule has 0 aliphatic carbocycles. The van der Waals surface area contributed by atoms with E-state index >= 15 is 0 Å². The Bertz CT molecular complexity index is 292. The Balaban J connectivity index is 2.69. The van der Waals surface area contributed by atoms with Gasteiger partial charge in [0.05, 0.1) is 12.3 Å². The number of alkyl halides is 2. The minimum absolute atomic E-state index is 0.0373. The second-order valence-corrected chi connectivity index (χ2v) is 5.49. The maximum Gasteiger partial charge on any atom is 0.261 e. The lowest BCUT2D eigenvalue weighted by Crippen LogP contribution is -2.47. The molecule has 0 atom stereocenters. The summed E-state index contributed by atoms with van der Waals surface area (Å²) in [5.74, 6) is -3.15. The summed E-state index contributed by atoms with van der Waals surface area (Å²) in [6, 6.07) is 0. The van der Waals surface area contributed by atoms with Gasteiger partial charge < -0.3 is 5.73 Å². The lowest BCUT2D eigenvalue weighted by atomic mass is 10.1. The number of rotatable bonds is 3. The molecule has 1 heterocycles. The molecule has 2 N–H and O–H groups in total. The van der Waals surface area contributed by atoms with Gasteiger partial charge in [0, 0.05) is 19.5 Å². The quantitative estimate of drug-likeness (QED) is 0.740. The van der Waals surface area contributed by atoms with Gasteiger partial charge in [-0.25, -0.2) is 17.2 Å². The Morgan fingerprint density at radius 2 is 2.07 bits per heavy atom. The van der Waals surface area contributed by atoms with E-state index < -0.39 is 22.5 Å². The lowest BCUT2D eigenvalue weighted by Gasteiger charge is -2.31. The van der Waals surface area contributed by atoms with Crippen molar-refractivity contribution in [1.82, 2.24) is 4.31 Å². The first kappa shape index (κ1) is 11.8. The van der Waals surface area contributed by atoms with E-state index in [1.54, 1.807) is 0 Å². The van der Waals surface area contributed by atoms with E-state index in [1.165, 1.54) is 0 Å². The fourth-order valence-corrected chi connectivity index (χ4v) is 2.79. The molecule has 1 aliphatic rings. The molecule has 14 heavy (non-hydrogen) atoms. The third-order valence-electron chi connectivity index (χ3n) is 2.13. The molecule has 0 unspecified atom stereocenters. The second kappa shape index (κ2) is 4.08. The van der Waals surface area contributed by atoms with Gasteiger partial charge in [0.1, 0.15) is 0 Å². The van der Waals surface area contributed by atoms with Crippen LogP contribution in [0.25, 0.3) is 0 Å². The summed E-state index contributed by atoms with van der Waals surface area (Å²) in [4.78, 5) is 0. The van der Waals surface area contributed by atoms with Crippen LogP contribution in [-0.4, -0.2) is 44.0 Å². The fourth-order valence-electron chi connectivity index (χ4n) is 1.45. The number of hydrogen-bond donors (Lipinski definition) is 1. The summed E-state index contributed by atoms with van der Waals surface area (Å²) in [7, 11) is -3.58. The Morgan fingerprint density at radius 3 is 2.57 bits per heavy atom. The normalized spacial score (nSPS) is 23.6. The van der Waals surface area contributed by atoms with E-state index in [9.17, 15) is 17.2 Å². The highest BCUT2D eigenvalue weighted by atomic mass is 32.2. The predicted octanol–water partition coefficient (Wildman–Crippen LogP) is 0.00600. The molecule has 0 radical (unpaired) electrons. The van der Waals surface area contributed by atoms with Crippen LogP contribution < -0.4 is 5.73 Å². The highest BCUT2D eigenvalue weighted by Gasteiger charge is 2.39. The minimum Gasteiger partial charge on any atom is -0.329 e. The van der Waals surface area contributed by atoms with Gasteiger partial charge in [-0.15, -0.1) is 0 Å².